The van der Waals surface area contributed by atoms with Gasteiger partial charge in [-0.15, -0.1) is 0 Å². The lowest BCUT2D eigenvalue weighted by Gasteiger charge is -2.42. The molecule has 0 aliphatic carbocycles. The number of amides is 1. The molecule has 0 aromatic heterocycles. The second-order valence-corrected chi connectivity index (χ2v) is 6.46. The molecule has 19 heavy (non-hydrogen) atoms. The molecule has 0 bridgehead atoms. The molecule has 3 nitrogen and oxygen atoms in total. The first-order valence-corrected chi connectivity index (χ1v) is 7.53. The zero-order chi connectivity index (χ0) is 14.2. The van der Waals surface area contributed by atoms with Gasteiger partial charge in [0, 0.05) is 35.2 Å². The van der Waals surface area contributed by atoms with Crippen LogP contribution in [-0.2, 0) is 0 Å². The van der Waals surface area contributed by atoms with Crippen molar-refractivity contribution in [2.24, 2.45) is 0 Å². The largest absolute Gasteiger partial charge is 0.336 e. The molecule has 1 saturated heterocycles. The number of rotatable bonds is 1. The summed E-state index contributed by atoms with van der Waals surface area (Å²) in [6.45, 7) is 5.82. The van der Waals surface area contributed by atoms with Crippen molar-refractivity contribution in [1.82, 2.24) is 9.80 Å². The SMILES string of the molecule is CC1CN(C(=O)c2ccc(Cl)c(Br)c2)CC(C)N1C. The smallest absolute Gasteiger partial charge is 0.254 e. The van der Waals surface area contributed by atoms with Crippen LogP contribution >= 0.6 is 27.5 Å². The Bertz CT molecular complexity index is 482. The first-order valence-electron chi connectivity index (χ1n) is 6.36. The van der Waals surface area contributed by atoms with Crippen LogP contribution in [0.1, 0.15) is 24.2 Å². The Morgan fingerprint density at radius 1 is 1.32 bits per heavy atom. The second kappa shape index (κ2) is 5.81. The summed E-state index contributed by atoms with van der Waals surface area (Å²) in [7, 11) is 2.11. The summed E-state index contributed by atoms with van der Waals surface area (Å²) >= 11 is 9.32. The molecule has 1 aromatic carbocycles. The normalized spacial score (nSPS) is 24.6. The van der Waals surface area contributed by atoms with Gasteiger partial charge in [0.25, 0.3) is 5.91 Å². The molecule has 5 heteroatoms. The molecule has 1 heterocycles. The summed E-state index contributed by atoms with van der Waals surface area (Å²) in [5, 5.41) is 0.622. The van der Waals surface area contributed by atoms with E-state index < -0.39 is 0 Å². The molecular weight excluding hydrogens is 328 g/mol. The lowest BCUT2D eigenvalue weighted by molar-refractivity contribution is 0.0414. The van der Waals surface area contributed by atoms with Crippen molar-refractivity contribution in [2.75, 3.05) is 20.1 Å². The van der Waals surface area contributed by atoms with E-state index in [1.807, 2.05) is 4.90 Å². The maximum Gasteiger partial charge on any atom is 0.254 e. The van der Waals surface area contributed by atoms with E-state index in [9.17, 15) is 4.79 Å². The molecule has 0 N–H and O–H groups in total. The molecule has 2 unspecified atom stereocenters. The summed E-state index contributed by atoms with van der Waals surface area (Å²) in [5.74, 6) is 0.0733. The number of benzene rings is 1. The highest BCUT2D eigenvalue weighted by Crippen LogP contribution is 2.24. The van der Waals surface area contributed by atoms with E-state index in [-0.39, 0.29) is 5.91 Å². The first kappa shape index (κ1) is 14.8. The van der Waals surface area contributed by atoms with Crippen LogP contribution in [0.5, 0.6) is 0 Å². The van der Waals surface area contributed by atoms with Crippen molar-refractivity contribution < 1.29 is 4.79 Å². The predicted molar refractivity (Wildman–Crippen MR) is 81.7 cm³/mol. The van der Waals surface area contributed by atoms with E-state index >= 15 is 0 Å². The van der Waals surface area contributed by atoms with E-state index in [4.69, 9.17) is 11.6 Å². The minimum absolute atomic E-state index is 0.0733. The third-order valence-electron chi connectivity index (χ3n) is 3.81. The van der Waals surface area contributed by atoms with Gasteiger partial charge in [-0.05, 0) is 55.0 Å². The van der Waals surface area contributed by atoms with Gasteiger partial charge in [-0.2, -0.15) is 0 Å². The maximum absolute atomic E-state index is 12.5. The topological polar surface area (TPSA) is 23.6 Å². The van der Waals surface area contributed by atoms with Crippen molar-refractivity contribution in [3.8, 4) is 0 Å². The van der Waals surface area contributed by atoms with E-state index in [1.165, 1.54) is 0 Å². The minimum atomic E-state index is 0.0733. The molecular formula is C14H18BrClN2O. The highest BCUT2D eigenvalue weighted by atomic mass is 79.9. The molecule has 0 saturated carbocycles. The molecule has 0 spiro atoms. The molecule has 1 aliphatic heterocycles. The molecule has 2 rings (SSSR count). The summed E-state index contributed by atoms with van der Waals surface area (Å²) in [4.78, 5) is 16.7. The average Bonchev–Trinajstić information content (AvgIpc) is 2.37. The highest BCUT2D eigenvalue weighted by Gasteiger charge is 2.29. The highest BCUT2D eigenvalue weighted by molar-refractivity contribution is 9.10. The van der Waals surface area contributed by atoms with Gasteiger partial charge >= 0.3 is 0 Å². The lowest BCUT2D eigenvalue weighted by Crippen LogP contribution is -2.56. The number of nitrogens with zero attached hydrogens (tertiary/aromatic N) is 2. The third-order valence-corrected chi connectivity index (χ3v) is 5.03. The number of piperazine rings is 1. The van der Waals surface area contributed by atoms with E-state index in [2.05, 4.69) is 41.7 Å². The van der Waals surface area contributed by atoms with Crippen molar-refractivity contribution in [3.05, 3.63) is 33.3 Å². The Hall–Kier alpha value is -0.580. The zero-order valence-electron chi connectivity index (χ0n) is 11.4. The molecule has 1 amide bonds. The van der Waals surface area contributed by atoms with Gasteiger partial charge < -0.3 is 4.90 Å². The third kappa shape index (κ3) is 3.12. The van der Waals surface area contributed by atoms with Crippen molar-refractivity contribution in [3.63, 3.8) is 0 Å². The Morgan fingerprint density at radius 3 is 2.42 bits per heavy atom. The Labute approximate surface area is 127 Å². The molecule has 1 fully saturated rings. The molecule has 104 valence electrons. The van der Waals surface area contributed by atoms with Crippen LogP contribution in [0, 0.1) is 0 Å². The molecule has 1 aromatic rings. The number of carbonyl (C=O) groups is 1. The van der Waals surface area contributed by atoms with Gasteiger partial charge in [0.2, 0.25) is 0 Å². The standard InChI is InChI=1S/C14H18BrClN2O/c1-9-7-18(8-10(2)17(9)3)14(19)11-4-5-13(16)12(15)6-11/h4-6,9-10H,7-8H2,1-3H3. The van der Waals surface area contributed by atoms with Gasteiger partial charge in [0.1, 0.15) is 0 Å². The predicted octanol–water partition coefficient (Wildman–Crippen LogP) is 3.27. The summed E-state index contributed by atoms with van der Waals surface area (Å²) in [6.07, 6.45) is 0. The lowest BCUT2D eigenvalue weighted by atomic mass is 10.1. The zero-order valence-corrected chi connectivity index (χ0v) is 13.7. The number of carbonyl (C=O) groups excluding carboxylic acids is 1. The first-order chi connectivity index (χ1) is 8.90. The number of likely N-dealkylation sites (N-methyl/N-ethyl adjacent to an activating group) is 1. The number of hydrogen-bond acceptors (Lipinski definition) is 2. The van der Waals surface area contributed by atoms with Crippen LogP contribution in [-0.4, -0.2) is 47.9 Å². The summed E-state index contributed by atoms with van der Waals surface area (Å²) < 4.78 is 0.759. The fourth-order valence-electron chi connectivity index (χ4n) is 2.38. The van der Waals surface area contributed by atoms with Gasteiger partial charge in [0.15, 0.2) is 0 Å². The van der Waals surface area contributed by atoms with Crippen LogP contribution in [0.25, 0.3) is 0 Å². The van der Waals surface area contributed by atoms with Crippen LogP contribution in [0.3, 0.4) is 0 Å². The van der Waals surface area contributed by atoms with Crippen LogP contribution < -0.4 is 0 Å². The van der Waals surface area contributed by atoms with Crippen molar-refractivity contribution in [2.45, 2.75) is 25.9 Å². The second-order valence-electron chi connectivity index (χ2n) is 5.20. The van der Waals surface area contributed by atoms with Crippen LogP contribution in [0.4, 0.5) is 0 Å². The van der Waals surface area contributed by atoms with Gasteiger partial charge in [-0.25, -0.2) is 0 Å². The molecule has 1 aliphatic rings. The minimum Gasteiger partial charge on any atom is -0.336 e. The Balaban J connectivity index is 2.17. The monoisotopic (exact) mass is 344 g/mol. The van der Waals surface area contributed by atoms with Crippen LogP contribution in [0.2, 0.25) is 5.02 Å². The van der Waals surface area contributed by atoms with Gasteiger partial charge in [-0.1, -0.05) is 11.6 Å². The Kier molecular flexibility index (Phi) is 4.54. The summed E-state index contributed by atoms with van der Waals surface area (Å²) in [6, 6.07) is 6.08. The van der Waals surface area contributed by atoms with E-state index in [0.717, 1.165) is 17.6 Å². The maximum atomic E-state index is 12.5. The van der Waals surface area contributed by atoms with Crippen molar-refractivity contribution >= 4 is 33.4 Å². The van der Waals surface area contributed by atoms with Gasteiger partial charge in [0.05, 0.1) is 5.02 Å². The molecule has 0 radical (unpaired) electrons. The summed E-state index contributed by atoms with van der Waals surface area (Å²) in [5.41, 5.74) is 0.681. The fraction of sp³-hybridized carbons (Fsp3) is 0.500. The quantitative estimate of drug-likeness (QED) is 0.780. The number of hydrogen-bond donors (Lipinski definition) is 0. The molecule has 2 atom stereocenters. The van der Waals surface area contributed by atoms with Gasteiger partial charge in [-0.3, -0.25) is 9.69 Å². The Morgan fingerprint density at radius 2 is 1.89 bits per heavy atom. The van der Waals surface area contributed by atoms with Crippen LogP contribution in [0.15, 0.2) is 22.7 Å². The van der Waals surface area contributed by atoms with E-state index in [1.54, 1.807) is 18.2 Å². The number of halogens is 2. The average molecular weight is 346 g/mol. The fourth-order valence-corrected chi connectivity index (χ4v) is 2.88. The van der Waals surface area contributed by atoms with Crippen molar-refractivity contribution in [1.29, 1.82) is 0 Å². The van der Waals surface area contributed by atoms with E-state index in [0.29, 0.717) is 22.7 Å².